The van der Waals surface area contributed by atoms with Crippen molar-refractivity contribution in [1.29, 1.82) is 0 Å². The number of aromatic nitrogens is 6. The van der Waals surface area contributed by atoms with Gasteiger partial charge in [0.05, 0.1) is 11.3 Å². The number of benzene rings is 2. The van der Waals surface area contributed by atoms with E-state index in [0.717, 1.165) is 85.1 Å². The first-order valence-electron chi connectivity index (χ1n) is 14.9. The lowest BCUT2D eigenvalue weighted by atomic mass is 9.80. The summed E-state index contributed by atoms with van der Waals surface area (Å²) >= 11 is 0. The van der Waals surface area contributed by atoms with Crippen molar-refractivity contribution >= 4 is 5.78 Å². The molecule has 42 heavy (non-hydrogen) atoms. The molecular weight excluding hydrogens is 532 g/mol. The average molecular weight is 567 g/mol. The molecule has 4 heterocycles. The lowest BCUT2D eigenvalue weighted by Gasteiger charge is -2.37. The van der Waals surface area contributed by atoms with Crippen LogP contribution in [0.2, 0.25) is 0 Å². The van der Waals surface area contributed by atoms with Gasteiger partial charge in [-0.1, -0.05) is 61.0 Å². The zero-order valence-corrected chi connectivity index (χ0v) is 23.7. The van der Waals surface area contributed by atoms with Gasteiger partial charge in [0, 0.05) is 30.2 Å². The first kappa shape index (κ1) is 26.6. The normalized spacial score (nSPS) is 20.5. The Balaban J connectivity index is 1.32. The molecular formula is C32H34N6O4. The minimum Gasteiger partial charge on any atom is -0.375 e. The molecule has 1 N–H and O–H groups in total. The zero-order chi connectivity index (χ0) is 28.7. The first-order valence-corrected chi connectivity index (χ1v) is 14.9. The van der Waals surface area contributed by atoms with Gasteiger partial charge in [-0.2, -0.15) is 10.1 Å². The van der Waals surface area contributed by atoms with Crippen molar-refractivity contribution in [3.63, 3.8) is 0 Å². The van der Waals surface area contributed by atoms with E-state index in [9.17, 15) is 9.59 Å². The maximum Gasteiger partial charge on any atom is 0.439 e. The van der Waals surface area contributed by atoms with Crippen molar-refractivity contribution in [2.45, 2.75) is 76.4 Å². The molecule has 0 atom stereocenters. The second-order valence-electron chi connectivity index (χ2n) is 11.6. The van der Waals surface area contributed by atoms with Gasteiger partial charge in [-0.15, -0.1) is 0 Å². The molecule has 3 aromatic heterocycles. The molecule has 1 aliphatic carbocycles. The topological polar surface area (TPSA) is 120 Å². The molecule has 5 aromatic rings. The van der Waals surface area contributed by atoms with Crippen molar-refractivity contribution < 1.29 is 9.26 Å². The zero-order valence-electron chi connectivity index (χ0n) is 23.7. The molecule has 1 saturated heterocycles. The standard InChI is InChI=1S/C32H34N6O4/c1-2-7-27-26(19-21-10-11-24(22-8-4-3-5-9-22)25(18-21)28-35-31(40)42-36-28)29(39)37(30-33-20-34-38(27)30)23-12-15-32(16-13-23)14-6-17-41-32/h3-5,8-11,18,20,23H,2,6-7,12-17,19H2,1H3,(H,35,36,40). The molecule has 0 radical (unpaired) electrons. The van der Waals surface area contributed by atoms with Crippen molar-refractivity contribution in [1.82, 2.24) is 29.3 Å². The molecule has 0 unspecified atom stereocenters. The quantitative estimate of drug-likeness (QED) is 0.291. The highest BCUT2D eigenvalue weighted by Crippen LogP contribution is 2.43. The first-order chi connectivity index (χ1) is 20.5. The van der Waals surface area contributed by atoms with Crippen molar-refractivity contribution in [2.24, 2.45) is 0 Å². The Bertz CT molecular complexity index is 1830. The van der Waals surface area contributed by atoms with E-state index in [-0.39, 0.29) is 17.2 Å². The Morgan fingerprint density at radius 1 is 1.05 bits per heavy atom. The molecule has 7 rings (SSSR count). The van der Waals surface area contributed by atoms with Crippen LogP contribution in [0.15, 0.2) is 69.0 Å². The summed E-state index contributed by atoms with van der Waals surface area (Å²) in [5.41, 5.74) is 5.15. The minimum absolute atomic E-state index is 0.00392. The van der Waals surface area contributed by atoms with Gasteiger partial charge in [0.25, 0.3) is 5.56 Å². The van der Waals surface area contributed by atoms with Gasteiger partial charge >= 0.3 is 5.76 Å². The van der Waals surface area contributed by atoms with Crippen LogP contribution in [0.3, 0.4) is 0 Å². The highest BCUT2D eigenvalue weighted by molar-refractivity contribution is 5.81. The summed E-state index contributed by atoms with van der Waals surface area (Å²) in [5.74, 6) is 0.348. The van der Waals surface area contributed by atoms with Crippen LogP contribution in [0.5, 0.6) is 0 Å². The third-order valence-corrected chi connectivity index (χ3v) is 8.97. The fraction of sp³-hybridized carbons (Fsp3) is 0.406. The van der Waals surface area contributed by atoms with Crippen LogP contribution in [0.25, 0.3) is 28.3 Å². The smallest absolute Gasteiger partial charge is 0.375 e. The number of fused-ring (bicyclic) bond motifs is 1. The molecule has 2 aliphatic rings. The van der Waals surface area contributed by atoms with Crippen LogP contribution in [0.4, 0.5) is 0 Å². The second kappa shape index (κ2) is 10.8. The summed E-state index contributed by atoms with van der Waals surface area (Å²) in [6.45, 7) is 2.94. The van der Waals surface area contributed by atoms with Crippen LogP contribution in [-0.4, -0.2) is 41.5 Å². The van der Waals surface area contributed by atoms with Crippen LogP contribution >= 0.6 is 0 Å². The van der Waals surface area contributed by atoms with Gasteiger partial charge in [-0.3, -0.25) is 18.9 Å². The average Bonchev–Trinajstić information content (AvgIpc) is 3.78. The molecule has 10 heteroatoms. The van der Waals surface area contributed by atoms with Crippen LogP contribution in [0, 0.1) is 0 Å². The van der Waals surface area contributed by atoms with Crippen molar-refractivity contribution in [3.8, 4) is 22.5 Å². The minimum atomic E-state index is -0.614. The number of aromatic amines is 1. The summed E-state index contributed by atoms with van der Waals surface area (Å²) in [5, 5.41) is 8.57. The predicted octanol–water partition coefficient (Wildman–Crippen LogP) is 5.11. The van der Waals surface area contributed by atoms with E-state index in [2.05, 4.69) is 27.1 Å². The third kappa shape index (κ3) is 4.69. The van der Waals surface area contributed by atoms with Crippen molar-refractivity contribution in [3.05, 3.63) is 92.6 Å². The number of ether oxygens (including phenoxy) is 1. The van der Waals surface area contributed by atoms with Gasteiger partial charge in [0.15, 0.2) is 5.82 Å². The van der Waals surface area contributed by atoms with E-state index in [0.29, 0.717) is 24.4 Å². The van der Waals surface area contributed by atoms with E-state index in [1.807, 2.05) is 57.6 Å². The van der Waals surface area contributed by atoms with E-state index < -0.39 is 5.76 Å². The van der Waals surface area contributed by atoms with E-state index in [1.165, 1.54) is 0 Å². The molecule has 1 spiro atoms. The molecule has 2 fully saturated rings. The van der Waals surface area contributed by atoms with Gasteiger partial charge < -0.3 is 4.74 Å². The number of aryl methyl sites for hydroxylation is 1. The molecule has 1 saturated carbocycles. The summed E-state index contributed by atoms with van der Waals surface area (Å²) in [7, 11) is 0. The number of rotatable bonds is 7. The second-order valence-corrected chi connectivity index (χ2v) is 11.6. The molecule has 1 aliphatic heterocycles. The fourth-order valence-electron chi connectivity index (χ4n) is 6.93. The summed E-state index contributed by atoms with van der Waals surface area (Å²) < 4.78 is 14.8. The summed E-state index contributed by atoms with van der Waals surface area (Å²) in [6, 6.07) is 16.0. The molecule has 10 nitrogen and oxygen atoms in total. The van der Waals surface area contributed by atoms with Gasteiger partial charge in [-0.25, -0.2) is 9.31 Å². The highest BCUT2D eigenvalue weighted by Gasteiger charge is 2.40. The Hall–Kier alpha value is -4.31. The Kier molecular flexibility index (Phi) is 6.85. The van der Waals surface area contributed by atoms with Gasteiger partial charge in [-0.05, 0) is 67.7 Å². The number of H-pyrrole nitrogens is 1. The van der Waals surface area contributed by atoms with Crippen molar-refractivity contribution in [2.75, 3.05) is 6.61 Å². The SMILES string of the molecule is CCCc1c(Cc2ccc(-c3ccccc3)c(-c3noc(=O)[nH]3)c2)c(=O)n(C2CCC3(CCCO3)CC2)c2ncnn12. The van der Waals surface area contributed by atoms with Gasteiger partial charge in [0.2, 0.25) is 5.78 Å². The molecule has 2 aromatic carbocycles. The van der Waals surface area contributed by atoms with Crippen LogP contribution < -0.4 is 11.3 Å². The Morgan fingerprint density at radius 2 is 1.88 bits per heavy atom. The van der Waals surface area contributed by atoms with Crippen LogP contribution in [0.1, 0.15) is 74.7 Å². The Labute approximate surface area is 242 Å². The number of hydrogen-bond acceptors (Lipinski definition) is 7. The highest BCUT2D eigenvalue weighted by atomic mass is 16.5. The molecule has 216 valence electrons. The van der Waals surface area contributed by atoms with Crippen LogP contribution in [-0.2, 0) is 17.6 Å². The monoisotopic (exact) mass is 566 g/mol. The predicted molar refractivity (Wildman–Crippen MR) is 157 cm³/mol. The maximum atomic E-state index is 14.4. The largest absolute Gasteiger partial charge is 0.439 e. The maximum absolute atomic E-state index is 14.4. The number of nitrogens with zero attached hydrogens (tertiary/aromatic N) is 5. The lowest BCUT2D eigenvalue weighted by molar-refractivity contribution is -0.0332. The third-order valence-electron chi connectivity index (χ3n) is 8.97. The molecule has 0 amide bonds. The fourth-order valence-corrected chi connectivity index (χ4v) is 6.93. The number of hydrogen-bond donors (Lipinski definition) is 1. The van der Waals surface area contributed by atoms with E-state index in [1.54, 1.807) is 6.33 Å². The summed E-state index contributed by atoms with van der Waals surface area (Å²) in [6.07, 6.45) is 9.42. The Morgan fingerprint density at radius 3 is 2.60 bits per heavy atom. The van der Waals surface area contributed by atoms with Gasteiger partial charge in [0.1, 0.15) is 6.33 Å². The van der Waals surface area contributed by atoms with E-state index >= 15 is 0 Å². The summed E-state index contributed by atoms with van der Waals surface area (Å²) in [4.78, 5) is 33.5. The number of nitrogens with one attached hydrogen (secondary N) is 1. The lowest BCUT2D eigenvalue weighted by Crippen LogP contribution is -2.38. The van der Waals surface area contributed by atoms with E-state index in [4.69, 9.17) is 9.26 Å². The molecule has 0 bridgehead atoms.